The Bertz CT molecular complexity index is 474. The fourth-order valence-corrected chi connectivity index (χ4v) is 1.56. The molecule has 1 atom stereocenters. The first-order chi connectivity index (χ1) is 9.31. The topological polar surface area (TPSA) is 136 Å². The fourth-order valence-electron chi connectivity index (χ4n) is 1.56. The Hall–Kier alpha value is -1.83. The molecule has 7 N–H and O–H groups in total. The Morgan fingerprint density at radius 3 is 2.40 bits per heavy atom. The molecule has 0 radical (unpaired) electrons. The molecule has 7 heteroatoms. The van der Waals surface area contributed by atoms with E-state index >= 15 is 0 Å². The number of hydrogen-bond acceptors (Lipinski definition) is 6. The van der Waals surface area contributed by atoms with Gasteiger partial charge in [-0.2, -0.15) is 0 Å². The van der Waals surface area contributed by atoms with Gasteiger partial charge in [0.25, 0.3) is 0 Å². The average molecular weight is 284 g/mol. The number of carbonyl (C=O) groups excluding carboxylic acids is 1. The van der Waals surface area contributed by atoms with Crippen molar-refractivity contribution in [2.24, 2.45) is 5.73 Å². The van der Waals surface area contributed by atoms with Crippen LogP contribution >= 0.6 is 0 Å². The summed E-state index contributed by atoms with van der Waals surface area (Å²) in [7, 11) is 0. The van der Waals surface area contributed by atoms with Crippen LogP contribution in [0.4, 0.5) is 0 Å². The third kappa shape index (κ3) is 4.09. The number of aliphatic hydroxyl groups excluding tert-OH is 2. The first-order valence-electron chi connectivity index (χ1n) is 6.11. The molecule has 0 saturated carbocycles. The van der Waals surface area contributed by atoms with Gasteiger partial charge in [0.05, 0.1) is 24.8 Å². The van der Waals surface area contributed by atoms with Gasteiger partial charge < -0.3 is 31.5 Å². The third-order valence-electron chi connectivity index (χ3n) is 2.96. The maximum absolute atomic E-state index is 11.9. The second-order valence-electron chi connectivity index (χ2n) is 5.00. The molecule has 1 rings (SSSR count). The lowest BCUT2D eigenvalue weighted by Gasteiger charge is -2.27. The van der Waals surface area contributed by atoms with Gasteiger partial charge in [-0.3, -0.25) is 4.79 Å². The minimum Gasteiger partial charge on any atom is -0.504 e. The second-order valence-corrected chi connectivity index (χ2v) is 5.00. The lowest BCUT2D eigenvalue weighted by Crippen LogP contribution is -2.56. The van der Waals surface area contributed by atoms with Crippen LogP contribution in [0.2, 0.25) is 0 Å². The lowest BCUT2D eigenvalue weighted by molar-refractivity contribution is -0.125. The summed E-state index contributed by atoms with van der Waals surface area (Å²) in [6, 6.07) is 3.26. The van der Waals surface area contributed by atoms with Crippen LogP contribution in [0.25, 0.3) is 0 Å². The van der Waals surface area contributed by atoms with E-state index in [-0.39, 0.29) is 17.9 Å². The van der Waals surface area contributed by atoms with Crippen LogP contribution in [0.3, 0.4) is 0 Å². The predicted molar refractivity (Wildman–Crippen MR) is 72.2 cm³/mol. The van der Waals surface area contributed by atoms with Gasteiger partial charge in [-0.1, -0.05) is 6.07 Å². The number of hydrogen-bond donors (Lipinski definition) is 6. The maximum atomic E-state index is 11.9. The van der Waals surface area contributed by atoms with Gasteiger partial charge in [0.1, 0.15) is 0 Å². The van der Waals surface area contributed by atoms with Crippen LogP contribution in [0, 0.1) is 0 Å². The molecule has 0 aromatic heterocycles. The van der Waals surface area contributed by atoms with E-state index in [1.807, 2.05) is 0 Å². The average Bonchev–Trinajstić information content (AvgIpc) is 2.42. The molecule has 7 nitrogen and oxygen atoms in total. The summed E-state index contributed by atoms with van der Waals surface area (Å²) in [5.74, 6) is -1.06. The molecule has 20 heavy (non-hydrogen) atoms. The number of nitrogens with two attached hydrogens (primary N) is 1. The minimum atomic E-state index is -1.13. The van der Waals surface area contributed by atoms with E-state index in [2.05, 4.69) is 5.32 Å². The third-order valence-corrected chi connectivity index (χ3v) is 2.96. The van der Waals surface area contributed by atoms with Crippen LogP contribution in [0.1, 0.15) is 12.5 Å². The van der Waals surface area contributed by atoms with E-state index in [4.69, 9.17) is 15.9 Å². The summed E-state index contributed by atoms with van der Waals surface area (Å²) >= 11 is 0. The van der Waals surface area contributed by atoms with Crippen LogP contribution in [0.5, 0.6) is 11.5 Å². The second kappa shape index (κ2) is 6.56. The summed E-state index contributed by atoms with van der Waals surface area (Å²) in [6.45, 7) is 0.661. The van der Waals surface area contributed by atoms with E-state index in [1.165, 1.54) is 19.1 Å². The zero-order valence-corrected chi connectivity index (χ0v) is 11.2. The Morgan fingerprint density at radius 1 is 1.30 bits per heavy atom. The number of aliphatic hydroxyl groups is 2. The molecule has 0 heterocycles. The fraction of sp³-hybridized carbons (Fsp3) is 0.462. The molecule has 1 aromatic rings. The van der Waals surface area contributed by atoms with E-state index in [0.717, 1.165) is 0 Å². The maximum Gasteiger partial charge on any atom is 0.237 e. The van der Waals surface area contributed by atoms with Gasteiger partial charge in [0, 0.05) is 0 Å². The molecule has 1 amide bonds. The van der Waals surface area contributed by atoms with Gasteiger partial charge in [0.15, 0.2) is 11.5 Å². The van der Waals surface area contributed by atoms with Crippen molar-refractivity contribution in [3.05, 3.63) is 23.8 Å². The molecule has 0 saturated heterocycles. The Balaban J connectivity index is 2.68. The smallest absolute Gasteiger partial charge is 0.237 e. The Labute approximate surface area is 116 Å². The normalized spacial score (nSPS) is 13.0. The van der Waals surface area contributed by atoms with Crippen molar-refractivity contribution < 1.29 is 25.2 Å². The highest BCUT2D eigenvalue weighted by atomic mass is 16.3. The van der Waals surface area contributed by atoms with E-state index < -0.39 is 30.7 Å². The number of rotatable bonds is 6. The molecular weight excluding hydrogens is 264 g/mol. The van der Waals surface area contributed by atoms with E-state index in [1.54, 1.807) is 6.07 Å². The van der Waals surface area contributed by atoms with Gasteiger partial charge in [-0.15, -0.1) is 0 Å². The molecule has 0 unspecified atom stereocenters. The van der Waals surface area contributed by atoms with E-state index in [0.29, 0.717) is 5.56 Å². The minimum absolute atomic E-state index is 0.145. The van der Waals surface area contributed by atoms with Crippen molar-refractivity contribution in [2.45, 2.75) is 24.9 Å². The van der Waals surface area contributed by atoms with Crippen molar-refractivity contribution in [2.75, 3.05) is 13.2 Å². The standard InChI is InChI=1S/C13H20N2O5/c1-13(6-16,7-17)15-12(20)9(14)4-8-2-3-10(18)11(19)5-8/h2-3,5,9,16-19H,4,6-7,14H2,1H3,(H,15,20)/t9-/m0/s1. The molecule has 1 aromatic carbocycles. The first kappa shape index (κ1) is 16.2. The number of carbonyl (C=O) groups is 1. The molecular formula is C13H20N2O5. The highest BCUT2D eigenvalue weighted by molar-refractivity contribution is 5.82. The summed E-state index contributed by atoms with van der Waals surface area (Å²) in [5, 5.41) is 39.2. The number of phenols is 2. The lowest BCUT2D eigenvalue weighted by atomic mass is 10.0. The van der Waals surface area contributed by atoms with Crippen molar-refractivity contribution in [3.8, 4) is 11.5 Å². The van der Waals surface area contributed by atoms with Gasteiger partial charge in [-0.05, 0) is 31.0 Å². The number of nitrogens with one attached hydrogen (secondary N) is 1. The van der Waals surface area contributed by atoms with Crippen LogP contribution in [0.15, 0.2) is 18.2 Å². The highest BCUT2D eigenvalue weighted by Crippen LogP contribution is 2.25. The van der Waals surface area contributed by atoms with E-state index in [9.17, 15) is 15.0 Å². The van der Waals surface area contributed by atoms with Crippen LogP contribution in [-0.4, -0.2) is 51.1 Å². The van der Waals surface area contributed by atoms with Crippen molar-refractivity contribution in [1.29, 1.82) is 0 Å². The molecule has 0 aliphatic carbocycles. The highest BCUT2D eigenvalue weighted by Gasteiger charge is 2.27. The number of phenolic OH excluding ortho intramolecular Hbond substituents is 2. The summed E-state index contributed by atoms with van der Waals surface area (Å²) in [5.41, 5.74) is 5.18. The van der Waals surface area contributed by atoms with Crippen LogP contribution in [-0.2, 0) is 11.2 Å². The van der Waals surface area contributed by atoms with Gasteiger partial charge >= 0.3 is 0 Å². The predicted octanol–water partition coefficient (Wildman–Crippen LogP) is -1.17. The largest absolute Gasteiger partial charge is 0.504 e. The quantitative estimate of drug-likeness (QED) is 0.364. The number of aromatic hydroxyl groups is 2. The monoisotopic (exact) mass is 284 g/mol. The Kier molecular flexibility index (Phi) is 5.32. The molecule has 112 valence electrons. The zero-order valence-electron chi connectivity index (χ0n) is 11.2. The van der Waals surface area contributed by atoms with Gasteiger partial charge in [0.2, 0.25) is 5.91 Å². The Morgan fingerprint density at radius 2 is 1.90 bits per heavy atom. The summed E-state index contributed by atoms with van der Waals surface area (Å²) < 4.78 is 0. The SMILES string of the molecule is CC(CO)(CO)NC(=O)[C@@H](N)Cc1ccc(O)c(O)c1. The molecule has 0 fully saturated rings. The molecule has 0 aliphatic heterocycles. The number of amides is 1. The summed E-state index contributed by atoms with van der Waals surface area (Å²) in [6.07, 6.45) is 0.145. The molecule has 0 spiro atoms. The van der Waals surface area contributed by atoms with Crippen molar-refractivity contribution in [1.82, 2.24) is 5.32 Å². The van der Waals surface area contributed by atoms with Crippen molar-refractivity contribution >= 4 is 5.91 Å². The van der Waals surface area contributed by atoms with Gasteiger partial charge in [-0.25, -0.2) is 0 Å². The summed E-state index contributed by atoms with van der Waals surface area (Å²) in [4.78, 5) is 11.9. The van der Waals surface area contributed by atoms with Crippen molar-refractivity contribution in [3.63, 3.8) is 0 Å². The zero-order chi connectivity index (χ0) is 15.3. The molecule has 0 aliphatic rings. The first-order valence-corrected chi connectivity index (χ1v) is 6.11. The van der Waals surface area contributed by atoms with Crippen LogP contribution < -0.4 is 11.1 Å². The number of benzene rings is 1. The molecule has 0 bridgehead atoms.